The number of rotatable bonds is 3. The molecule has 0 saturated heterocycles. The molecule has 0 spiro atoms. The predicted octanol–water partition coefficient (Wildman–Crippen LogP) is 1.43. The summed E-state index contributed by atoms with van der Waals surface area (Å²) in [4.78, 5) is 0. The van der Waals surface area contributed by atoms with Crippen LogP contribution >= 0.6 is 11.6 Å². The van der Waals surface area contributed by atoms with Crippen molar-refractivity contribution in [2.75, 3.05) is 6.61 Å². The number of ether oxygens (including phenoxy) is 1. The van der Waals surface area contributed by atoms with E-state index in [4.69, 9.17) is 27.3 Å². The first kappa shape index (κ1) is 7.96. The van der Waals surface area contributed by atoms with Crippen LogP contribution in [-0.2, 0) is 5.88 Å². The molecule has 1 rings (SSSR count). The van der Waals surface area contributed by atoms with Crippen molar-refractivity contribution in [3.63, 3.8) is 0 Å². The third-order valence-corrected chi connectivity index (χ3v) is 1.24. The summed E-state index contributed by atoms with van der Waals surface area (Å²) in [7, 11) is 0. The molecule has 0 aromatic carbocycles. The molecule has 0 amide bonds. The van der Waals surface area contributed by atoms with E-state index in [0.29, 0.717) is 11.6 Å². The van der Waals surface area contributed by atoms with Crippen molar-refractivity contribution in [1.29, 1.82) is 0 Å². The summed E-state index contributed by atoms with van der Waals surface area (Å²) in [5.41, 5.74) is 0. The van der Waals surface area contributed by atoms with Crippen LogP contribution in [-0.4, -0.2) is 11.8 Å². The molecule has 0 N–H and O–H groups in total. The van der Waals surface area contributed by atoms with Gasteiger partial charge in [-0.3, -0.25) is 0 Å². The quantitative estimate of drug-likeness (QED) is 0.510. The average Bonchev–Trinajstić information content (AvgIpc) is 2.48. The van der Waals surface area contributed by atoms with Crippen LogP contribution in [0.5, 0.6) is 5.88 Å². The monoisotopic (exact) mass is 171 g/mol. The van der Waals surface area contributed by atoms with Gasteiger partial charge in [0.05, 0.1) is 5.88 Å². The summed E-state index contributed by atoms with van der Waals surface area (Å²) in [5, 5.41) is 3.55. The SMILES string of the molecule is C#CCOc1cc(CCl)on1. The first-order chi connectivity index (χ1) is 5.36. The average molecular weight is 172 g/mol. The number of nitrogens with zero attached hydrogens (tertiary/aromatic N) is 1. The number of hydrogen-bond acceptors (Lipinski definition) is 3. The van der Waals surface area contributed by atoms with E-state index in [0.717, 1.165) is 0 Å². The minimum atomic E-state index is 0.189. The largest absolute Gasteiger partial charge is 0.462 e. The van der Waals surface area contributed by atoms with E-state index in [-0.39, 0.29) is 12.5 Å². The second-order valence-electron chi connectivity index (χ2n) is 1.76. The van der Waals surface area contributed by atoms with Gasteiger partial charge in [-0.2, -0.15) is 0 Å². The minimum Gasteiger partial charge on any atom is -0.462 e. The number of terminal acetylenes is 1. The molecule has 0 aliphatic carbocycles. The Balaban J connectivity index is 2.53. The van der Waals surface area contributed by atoms with Gasteiger partial charge in [0, 0.05) is 6.07 Å². The molecule has 11 heavy (non-hydrogen) atoms. The molecule has 1 heterocycles. The fraction of sp³-hybridized carbons (Fsp3) is 0.286. The van der Waals surface area contributed by atoms with Gasteiger partial charge in [-0.1, -0.05) is 5.92 Å². The van der Waals surface area contributed by atoms with Crippen LogP contribution in [0.25, 0.3) is 0 Å². The van der Waals surface area contributed by atoms with Crippen LogP contribution in [0.1, 0.15) is 5.76 Å². The zero-order chi connectivity index (χ0) is 8.10. The molecule has 0 fully saturated rings. The van der Waals surface area contributed by atoms with Crippen molar-refractivity contribution in [2.45, 2.75) is 5.88 Å². The summed E-state index contributed by atoms with van der Waals surface area (Å²) in [6, 6.07) is 1.60. The highest BCUT2D eigenvalue weighted by atomic mass is 35.5. The van der Waals surface area contributed by atoms with Crippen molar-refractivity contribution >= 4 is 11.6 Å². The van der Waals surface area contributed by atoms with Crippen molar-refractivity contribution in [3.05, 3.63) is 11.8 Å². The third kappa shape index (κ3) is 2.17. The lowest BCUT2D eigenvalue weighted by atomic mass is 10.5. The maximum absolute atomic E-state index is 5.44. The molecule has 0 bridgehead atoms. The van der Waals surface area contributed by atoms with Gasteiger partial charge in [0.15, 0.2) is 12.4 Å². The summed E-state index contributed by atoms with van der Waals surface area (Å²) >= 11 is 5.44. The second kappa shape index (κ2) is 3.89. The third-order valence-electron chi connectivity index (χ3n) is 0.972. The van der Waals surface area contributed by atoms with Gasteiger partial charge < -0.3 is 9.26 Å². The summed E-state index contributed by atoms with van der Waals surface area (Å²) < 4.78 is 9.67. The standard InChI is InChI=1S/C7H6ClNO2/c1-2-3-10-7-4-6(5-8)11-9-7/h1,4H,3,5H2. The molecule has 0 aliphatic heterocycles. The van der Waals surface area contributed by atoms with E-state index in [1.54, 1.807) is 6.07 Å². The van der Waals surface area contributed by atoms with Crippen LogP contribution in [0, 0.1) is 12.3 Å². The zero-order valence-electron chi connectivity index (χ0n) is 5.71. The number of halogens is 1. The Morgan fingerprint density at radius 2 is 2.64 bits per heavy atom. The number of alkyl halides is 1. The molecule has 1 aromatic rings. The molecule has 3 nitrogen and oxygen atoms in total. The minimum absolute atomic E-state index is 0.189. The first-order valence-corrected chi connectivity index (χ1v) is 3.48. The predicted molar refractivity (Wildman–Crippen MR) is 40.4 cm³/mol. The van der Waals surface area contributed by atoms with Crippen molar-refractivity contribution in [1.82, 2.24) is 5.16 Å². The second-order valence-corrected chi connectivity index (χ2v) is 2.03. The van der Waals surface area contributed by atoms with Crippen molar-refractivity contribution in [3.8, 4) is 18.2 Å². The Kier molecular flexibility index (Phi) is 2.82. The van der Waals surface area contributed by atoms with Crippen molar-refractivity contribution in [2.24, 2.45) is 0 Å². The highest BCUT2D eigenvalue weighted by Crippen LogP contribution is 2.12. The van der Waals surface area contributed by atoms with Gasteiger partial charge in [-0.25, -0.2) is 0 Å². The Morgan fingerprint density at radius 3 is 3.18 bits per heavy atom. The number of hydrogen-bond donors (Lipinski definition) is 0. The molecular formula is C7H6ClNO2. The fourth-order valence-electron chi connectivity index (χ4n) is 0.541. The van der Waals surface area contributed by atoms with E-state index in [1.165, 1.54) is 0 Å². The molecule has 58 valence electrons. The molecule has 0 unspecified atom stereocenters. The van der Waals surface area contributed by atoms with E-state index < -0.39 is 0 Å². The van der Waals surface area contributed by atoms with Gasteiger partial charge in [0.2, 0.25) is 0 Å². The molecule has 0 atom stereocenters. The van der Waals surface area contributed by atoms with Gasteiger partial charge in [-0.15, -0.1) is 18.0 Å². The maximum Gasteiger partial charge on any atom is 0.255 e. The van der Waals surface area contributed by atoms with Gasteiger partial charge in [0.25, 0.3) is 5.88 Å². The lowest BCUT2D eigenvalue weighted by molar-refractivity contribution is 0.309. The summed E-state index contributed by atoms with van der Waals surface area (Å²) in [6.07, 6.45) is 4.96. The van der Waals surface area contributed by atoms with Crippen LogP contribution < -0.4 is 4.74 Å². The molecule has 0 radical (unpaired) electrons. The van der Waals surface area contributed by atoms with E-state index in [1.807, 2.05) is 0 Å². The van der Waals surface area contributed by atoms with Crippen LogP contribution in [0.15, 0.2) is 10.6 Å². The van der Waals surface area contributed by atoms with Gasteiger partial charge in [-0.05, 0) is 5.16 Å². The zero-order valence-corrected chi connectivity index (χ0v) is 6.47. The maximum atomic E-state index is 5.44. The lowest BCUT2D eigenvalue weighted by Gasteiger charge is -1.90. The fourth-order valence-corrected chi connectivity index (χ4v) is 0.667. The molecule has 0 aliphatic rings. The lowest BCUT2D eigenvalue weighted by Crippen LogP contribution is -1.92. The normalized spacial score (nSPS) is 9.09. The van der Waals surface area contributed by atoms with E-state index in [9.17, 15) is 0 Å². The highest BCUT2D eigenvalue weighted by molar-refractivity contribution is 6.16. The highest BCUT2D eigenvalue weighted by Gasteiger charge is 2.01. The van der Waals surface area contributed by atoms with Crippen LogP contribution in [0.4, 0.5) is 0 Å². The van der Waals surface area contributed by atoms with Crippen LogP contribution in [0.3, 0.4) is 0 Å². The number of aromatic nitrogens is 1. The summed E-state index contributed by atoms with van der Waals surface area (Å²) in [6.45, 7) is 0.189. The van der Waals surface area contributed by atoms with Gasteiger partial charge in [0.1, 0.15) is 0 Å². The molecule has 1 aromatic heterocycles. The first-order valence-electron chi connectivity index (χ1n) is 2.94. The Morgan fingerprint density at radius 1 is 1.82 bits per heavy atom. The van der Waals surface area contributed by atoms with E-state index >= 15 is 0 Å². The molecule has 4 heteroatoms. The van der Waals surface area contributed by atoms with Crippen molar-refractivity contribution < 1.29 is 9.26 Å². The topological polar surface area (TPSA) is 35.3 Å². The van der Waals surface area contributed by atoms with E-state index in [2.05, 4.69) is 11.1 Å². The smallest absolute Gasteiger partial charge is 0.255 e. The molecular weight excluding hydrogens is 166 g/mol. The van der Waals surface area contributed by atoms with Gasteiger partial charge >= 0.3 is 0 Å². The molecule has 0 saturated carbocycles. The Bertz CT molecular complexity index is 264. The summed E-state index contributed by atoms with van der Waals surface area (Å²) in [5.74, 6) is 3.53. The Hall–Kier alpha value is -1.14. The van der Waals surface area contributed by atoms with Crippen LogP contribution in [0.2, 0.25) is 0 Å². The Labute approximate surface area is 69.3 Å².